The van der Waals surface area contributed by atoms with E-state index in [1.807, 2.05) is 13.0 Å². The summed E-state index contributed by atoms with van der Waals surface area (Å²) in [7, 11) is 2.13. The molecular weight excluding hydrogens is 248 g/mol. The Balaban J connectivity index is 2.50. The maximum Gasteiger partial charge on any atom is 0.118 e. The molecule has 0 saturated heterocycles. The van der Waals surface area contributed by atoms with Crippen LogP contribution < -0.4 is 5.32 Å². The quantitative estimate of drug-likeness (QED) is 0.578. The van der Waals surface area contributed by atoms with Crippen molar-refractivity contribution in [3.05, 3.63) is 35.8 Å². The number of rotatable bonds is 8. The van der Waals surface area contributed by atoms with Crippen LogP contribution in [0.25, 0.3) is 0 Å². The maximum absolute atomic E-state index is 5.85. The summed E-state index contributed by atoms with van der Waals surface area (Å²) in [5, 5.41) is 3.50. The van der Waals surface area contributed by atoms with Crippen molar-refractivity contribution in [1.82, 2.24) is 10.2 Å². The van der Waals surface area contributed by atoms with E-state index in [4.69, 9.17) is 4.42 Å². The Hall–Kier alpha value is -1.06. The molecule has 0 aromatic carbocycles. The Morgan fingerprint density at radius 3 is 2.70 bits per heavy atom. The van der Waals surface area contributed by atoms with Gasteiger partial charge in [0, 0.05) is 17.6 Å². The zero-order valence-corrected chi connectivity index (χ0v) is 13.8. The smallest absolute Gasteiger partial charge is 0.118 e. The minimum Gasteiger partial charge on any atom is -0.465 e. The van der Waals surface area contributed by atoms with Crippen LogP contribution in [0.3, 0.4) is 0 Å². The van der Waals surface area contributed by atoms with E-state index in [9.17, 15) is 0 Å². The summed E-state index contributed by atoms with van der Waals surface area (Å²) in [4.78, 5) is 2.29. The van der Waals surface area contributed by atoms with Gasteiger partial charge in [0.25, 0.3) is 0 Å². The van der Waals surface area contributed by atoms with Crippen molar-refractivity contribution in [2.75, 3.05) is 13.6 Å². The van der Waals surface area contributed by atoms with Crippen molar-refractivity contribution in [3.8, 4) is 0 Å². The van der Waals surface area contributed by atoms with E-state index in [1.165, 1.54) is 5.56 Å². The summed E-state index contributed by atoms with van der Waals surface area (Å²) in [6.45, 7) is 15.1. The second-order valence-corrected chi connectivity index (χ2v) is 6.57. The number of furan rings is 1. The first-order chi connectivity index (χ1) is 9.31. The summed E-state index contributed by atoms with van der Waals surface area (Å²) < 4.78 is 5.85. The van der Waals surface area contributed by atoms with Gasteiger partial charge >= 0.3 is 0 Å². The van der Waals surface area contributed by atoms with E-state index in [0.29, 0.717) is 0 Å². The van der Waals surface area contributed by atoms with Crippen LogP contribution in [0.15, 0.2) is 23.1 Å². The van der Waals surface area contributed by atoms with Crippen molar-refractivity contribution < 1.29 is 4.42 Å². The third-order valence-corrected chi connectivity index (χ3v) is 3.25. The molecule has 0 saturated carbocycles. The predicted octanol–water partition coefficient (Wildman–Crippen LogP) is 3.87. The Labute approximate surface area is 124 Å². The Morgan fingerprint density at radius 1 is 1.40 bits per heavy atom. The fourth-order valence-electron chi connectivity index (χ4n) is 2.05. The zero-order valence-electron chi connectivity index (χ0n) is 13.8. The second-order valence-electron chi connectivity index (χ2n) is 6.57. The number of nitrogens with one attached hydrogen (secondary N) is 1. The molecule has 0 spiro atoms. The van der Waals surface area contributed by atoms with Crippen LogP contribution in [0.5, 0.6) is 0 Å². The van der Waals surface area contributed by atoms with Crippen molar-refractivity contribution in [3.63, 3.8) is 0 Å². The molecule has 1 aromatic rings. The van der Waals surface area contributed by atoms with Crippen molar-refractivity contribution in [2.45, 2.75) is 59.2 Å². The summed E-state index contributed by atoms with van der Waals surface area (Å²) >= 11 is 0. The number of hydrogen-bond acceptors (Lipinski definition) is 3. The number of aryl methyl sites for hydroxylation is 1. The normalized spacial score (nSPS) is 12.1. The first kappa shape index (κ1) is 17.0. The topological polar surface area (TPSA) is 28.4 Å². The molecule has 0 radical (unpaired) electrons. The number of unbranched alkanes of at least 4 members (excludes halogenated alkanes) is 1. The Kier molecular flexibility index (Phi) is 6.50. The molecule has 0 aliphatic heterocycles. The molecule has 0 amide bonds. The lowest BCUT2D eigenvalue weighted by molar-refractivity contribution is 0.289. The Bertz CT molecular complexity index is 415. The molecule has 0 aliphatic carbocycles. The Morgan fingerprint density at radius 2 is 2.10 bits per heavy atom. The van der Waals surface area contributed by atoms with Crippen LogP contribution >= 0.6 is 0 Å². The predicted molar refractivity (Wildman–Crippen MR) is 85.8 cm³/mol. The highest BCUT2D eigenvalue weighted by atomic mass is 16.3. The molecule has 20 heavy (non-hydrogen) atoms. The van der Waals surface area contributed by atoms with E-state index in [0.717, 1.165) is 44.0 Å². The van der Waals surface area contributed by atoms with Crippen molar-refractivity contribution in [1.29, 1.82) is 0 Å². The lowest BCUT2D eigenvalue weighted by atomic mass is 10.1. The molecule has 0 bridgehead atoms. The average Bonchev–Trinajstić information content (AvgIpc) is 2.66. The van der Waals surface area contributed by atoms with E-state index in [-0.39, 0.29) is 5.54 Å². The fraction of sp³-hybridized carbons (Fsp3) is 0.647. The molecule has 1 N–H and O–H groups in total. The molecule has 0 atom stereocenters. The third kappa shape index (κ3) is 6.40. The molecule has 1 rings (SSSR count). The molecule has 0 fully saturated rings. The van der Waals surface area contributed by atoms with Gasteiger partial charge in [0.05, 0.1) is 6.54 Å². The summed E-state index contributed by atoms with van der Waals surface area (Å²) in [5.74, 6) is 2.07. The highest BCUT2D eigenvalue weighted by Crippen LogP contribution is 2.17. The highest BCUT2D eigenvalue weighted by molar-refractivity contribution is 5.20. The maximum atomic E-state index is 5.85. The fourth-order valence-corrected chi connectivity index (χ4v) is 2.05. The van der Waals surface area contributed by atoms with E-state index in [2.05, 4.69) is 50.7 Å². The lowest BCUT2D eigenvalue weighted by Crippen LogP contribution is -2.35. The summed E-state index contributed by atoms with van der Waals surface area (Å²) in [6, 6.07) is 2.18. The van der Waals surface area contributed by atoms with Crippen LogP contribution in [-0.2, 0) is 13.1 Å². The molecule has 3 nitrogen and oxygen atoms in total. The van der Waals surface area contributed by atoms with Gasteiger partial charge < -0.3 is 9.73 Å². The van der Waals surface area contributed by atoms with Crippen molar-refractivity contribution in [2.24, 2.45) is 0 Å². The van der Waals surface area contributed by atoms with Gasteiger partial charge in [-0.05, 0) is 60.2 Å². The van der Waals surface area contributed by atoms with Crippen LogP contribution in [-0.4, -0.2) is 24.0 Å². The SMILES string of the molecule is C=CCCCN(C)Cc1cc(CNC(C)(C)C)c(C)o1. The van der Waals surface area contributed by atoms with Crippen LogP contribution in [0.4, 0.5) is 0 Å². The summed E-state index contributed by atoms with van der Waals surface area (Å²) in [6.07, 6.45) is 4.20. The van der Waals surface area contributed by atoms with Gasteiger partial charge in [-0.15, -0.1) is 6.58 Å². The van der Waals surface area contributed by atoms with Gasteiger partial charge in [0.1, 0.15) is 11.5 Å². The second kappa shape index (κ2) is 7.65. The van der Waals surface area contributed by atoms with Gasteiger partial charge in [-0.3, -0.25) is 4.90 Å². The van der Waals surface area contributed by atoms with Gasteiger partial charge in [-0.25, -0.2) is 0 Å². The standard InChI is InChI=1S/C17H30N2O/c1-7-8-9-10-19(6)13-16-11-15(14(2)20-16)12-18-17(3,4)5/h7,11,18H,1,8-10,12-13H2,2-6H3. The first-order valence-corrected chi connectivity index (χ1v) is 7.44. The van der Waals surface area contributed by atoms with Crippen molar-refractivity contribution >= 4 is 0 Å². The molecule has 1 heterocycles. The largest absolute Gasteiger partial charge is 0.465 e. The first-order valence-electron chi connectivity index (χ1n) is 7.44. The van der Waals surface area contributed by atoms with Gasteiger partial charge in [0.15, 0.2) is 0 Å². The molecule has 1 aromatic heterocycles. The van der Waals surface area contributed by atoms with Gasteiger partial charge in [-0.2, -0.15) is 0 Å². The minimum absolute atomic E-state index is 0.130. The van der Waals surface area contributed by atoms with Gasteiger partial charge in [0.2, 0.25) is 0 Å². The molecule has 3 heteroatoms. The highest BCUT2D eigenvalue weighted by Gasteiger charge is 2.13. The molecule has 0 unspecified atom stereocenters. The average molecular weight is 278 g/mol. The van der Waals surface area contributed by atoms with Crippen LogP contribution in [0.1, 0.15) is 50.7 Å². The monoisotopic (exact) mass is 278 g/mol. The molecular formula is C17H30N2O. The van der Waals surface area contributed by atoms with E-state index >= 15 is 0 Å². The van der Waals surface area contributed by atoms with E-state index in [1.54, 1.807) is 0 Å². The molecule has 0 aliphatic rings. The zero-order chi connectivity index (χ0) is 15.2. The van der Waals surface area contributed by atoms with E-state index < -0.39 is 0 Å². The number of allylic oxidation sites excluding steroid dienone is 1. The molecule has 114 valence electrons. The van der Waals surface area contributed by atoms with Gasteiger partial charge in [-0.1, -0.05) is 6.08 Å². The minimum atomic E-state index is 0.130. The number of nitrogens with zero attached hydrogens (tertiary/aromatic N) is 1. The number of hydrogen-bond donors (Lipinski definition) is 1. The lowest BCUT2D eigenvalue weighted by Gasteiger charge is -2.20. The summed E-state index contributed by atoms with van der Waals surface area (Å²) in [5.41, 5.74) is 1.39. The van der Waals surface area contributed by atoms with Crippen LogP contribution in [0, 0.1) is 6.92 Å². The third-order valence-electron chi connectivity index (χ3n) is 3.25. The van der Waals surface area contributed by atoms with Crippen LogP contribution in [0.2, 0.25) is 0 Å².